The van der Waals surface area contributed by atoms with E-state index in [0.29, 0.717) is 0 Å². The fourth-order valence-corrected chi connectivity index (χ4v) is 4.38. The van der Waals surface area contributed by atoms with Crippen LogP contribution in [0.25, 0.3) is 5.69 Å². The highest BCUT2D eigenvalue weighted by Crippen LogP contribution is 2.31. The molecule has 4 heterocycles. The van der Waals surface area contributed by atoms with Crippen LogP contribution < -0.4 is 5.32 Å². The number of hydrogen-bond donors (Lipinski definition) is 1. The van der Waals surface area contributed by atoms with Gasteiger partial charge in [0.25, 0.3) is 0 Å². The molecule has 1 amide bonds. The maximum Gasteiger partial charge on any atom is 0.240 e. The molecule has 2 aliphatic rings. The Hall–Kier alpha value is -2.18. The molecule has 138 valence electrons. The Morgan fingerprint density at radius 1 is 1.19 bits per heavy atom. The number of likely N-dealkylation sites (N-methyl/N-ethyl adjacent to an activating group) is 1. The number of piperidine rings is 1. The number of nitrogens with zero attached hydrogens (tertiary/aromatic N) is 4. The van der Waals surface area contributed by atoms with E-state index in [4.69, 9.17) is 0 Å². The highest BCUT2D eigenvalue weighted by molar-refractivity contribution is 5.87. The fraction of sp³-hybridized carbons (Fsp3) is 0.500. The van der Waals surface area contributed by atoms with Crippen molar-refractivity contribution >= 4 is 5.91 Å². The van der Waals surface area contributed by atoms with Crippen LogP contribution in [0, 0.1) is 6.92 Å². The summed E-state index contributed by atoms with van der Waals surface area (Å²) < 4.78 is 2.27. The van der Waals surface area contributed by atoms with Crippen LogP contribution in [0.15, 0.2) is 36.7 Å². The molecule has 0 unspecified atom stereocenters. The Balaban J connectivity index is 1.48. The van der Waals surface area contributed by atoms with Crippen molar-refractivity contribution in [2.75, 3.05) is 33.2 Å². The van der Waals surface area contributed by atoms with Gasteiger partial charge < -0.3 is 9.88 Å². The number of amides is 1. The van der Waals surface area contributed by atoms with Gasteiger partial charge in [-0.3, -0.25) is 19.6 Å². The predicted octanol–water partition coefficient (Wildman–Crippen LogP) is 1.58. The molecule has 2 aromatic rings. The van der Waals surface area contributed by atoms with E-state index < -0.39 is 0 Å². The van der Waals surface area contributed by atoms with Crippen LogP contribution in [-0.4, -0.2) is 64.0 Å². The summed E-state index contributed by atoms with van der Waals surface area (Å²) in [5.41, 5.74) is 3.28. The van der Waals surface area contributed by atoms with E-state index in [9.17, 15) is 4.79 Å². The molecule has 0 bridgehead atoms. The van der Waals surface area contributed by atoms with Gasteiger partial charge in [-0.05, 0) is 51.1 Å². The van der Waals surface area contributed by atoms with Gasteiger partial charge >= 0.3 is 0 Å². The minimum absolute atomic E-state index is 0.209. The lowest BCUT2D eigenvalue weighted by Gasteiger charge is -2.48. The van der Waals surface area contributed by atoms with Crippen LogP contribution in [0.2, 0.25) is 0 Å². The summed E-state index contributed by atoms with van der Waals surface area (Å²) in [5.74, 6) is 0.209. The standard InChI is InChI=1S/C20H27N5O/c1-16-5-6-18(25(16)17-4-3-9-21-14-17)15-24-11-7-20(8-12-24)19(26)22-10-13-23(20)2/h3-6,9,14H,7-8,10-13,15H2,1-2H3,(H,22,26). The first-order valence-corrected chi connectivity index (χ1v) is 9.40. The maximum atomic E-state index is 12.5. The normalized spacial score (nSPS) is 21.1. The molecular weight excluding hydrogens is 326 g/mol. The number of nitrogens with one attached hydrogen (secondary N) is 1. The van der Waals surface area contributed by atoms with E-state index in [2.05, 4.69) is 56.8 Å². The summed E-state index contributed by atoms with van der Waals surface area (Å²) in [6.07, 6.45) is 5.49. The second-order valence-electron chi connectivity index (χ2n) is 7.50. The molecule has 2 fully saturated rings. The van der Waals surface area contributed by atoms with Crippen LogP contribution in [0.1, 0.15) is 24.2 Å². The Kier molecular flexibility index (Phi) is 4.54. The minimum Gasteiger partial charge on any atom is -0.353 e. The smallest absolute Gasteiger partial charge is 0.240 e. The third-order valence-electron chi connectivity index (χ3n) is 6.02. The lowest BCUT2D eigenvalue weighted by molar-refractivity contribution is -0.140. The van der Waals surface area contributed by atoms with Crippen molar-refractivity contribution in [2.45, 2.75) is 31.8 Å². The van der Waals surface area contributed by atoms with Gasteiger partial charge in [-0.1, -0.05) is 0 Å². The summed E-state index contributed by atoms with van der Waals surface area (Å²) in [7, 11) is 2.09. The van der Waals surface area contributed by atoms with Gasteiger partial charge in [0, 0.05) is 50.3 Å². The first kappa shape index (κ1) is 17.2. The van der Waals surface area contributed by atoms with Gasteiger partial charge in [0.1, 0.15) is 5.54 Å². The van der Waals surface area contributed by atoms with E-state index in [1.807, 2.05) is 12.3 Å². The molecule has 6 nitrogen and oxygen atoms in total. The van der Waals surface area contributed by atoms with Crippen molar-refractivity contribution in [3.8, 4) is 5.69 Å². The average Bonchev–Trinajstić information content (AvgIpc) is 3.02. The van der Waals surface area contributed by atoms with Crippen molar-refractivity contribution in [1.82, 2.24) is 24.7 Å². The zero-order chi connectivity index (χ0) is 18.1. The first-order valence-electron chi connectivity index (χ1n) is 9.40. The van der Waals surface area contributed by atoms with Crippen LogP contribution in [0.5, 0.6) is 0 Å². The van der Waals surface area contributed by atoms with E-state index in [-0.39, 0.29) is 11.4 Å². The zero-order valence-electron chi connectivity index (χ0n) is 15.6. The van der Waals surface area contributed by atoms with Crippen LogP contribution >= 0.6 is 0 Å². The Morgan fingerprint density at radius 3 is 2.69 bits per heavy atom. The predicted molar refractivity (Wildman–Crippen MR) is 101 cm³/mol. The number of piperazine rings is 1. The number of pyridine rings is 1. The minimum atomic E-state index is -0.310. The van der Waals surface area contributed by atoms with Crippen LogP contribution in [0.3, 0.4) is 0 Å². The maximum absolute atomic E-state index is 12.5. The molecular formula is C20H27N5O. The van der Waals surface area contributed by atoms with E-state index >= 15 is 0 Å². The quantitative estimate of drug-likeness (QED) is 0.910. The largest absolute Gasteiger partial charge is 0.353 e. The first-order chi connectivity index (χ1) is 12.6. The Bertz CT molecular complexity index is 777. The molecule has 0 aromatic carbocycles. The lowest BCUT2D eigenvalue weighted by Crippen LogP contribution is -2.66. The molecule has 0 saturated carbocycles. The van der Waals surface area contributed by atoms with Gasteiger partial charge in [-0.25, -0.2) is 0 Å². The molecule has 4 rings (SSSR count). The topological polar surface area (TPSA) is 53.4 Å². The van der Waals surface area contributed by atoms with E-state index in [1.54, 1.807) is 6.20 Å². The highest BCUT2D eigenvalue weighted by atomic mass is 16.2. The molecule has 0 atom stereocenters. The second-order valence-corrected chi connectivity index (χ2v) is 7.50. The van der Waals surface area contributed by atoms with E-state index in [0.717, 1.165) is 51.3 Å². The molecule has 6 heteroatoms. The zero-order valence-corrected chi connectivity index (χ0v) is 15.6. The highest BCUT2D eigenvalue weighted by Gasteiger charge is 2.46. The molecule has 2 aliphatic heterocycles. The third-order valence-corrected chi connectivity index (χ3v) is 6.02. The molecule has 1 spiro atoms. The number of carbonyl (C=O) groups excluding carboxylic acids is 1. The van der Waals surface area contributed by atoms with Crippen LogP contribution in [-0.2, 0) is 11.3 Å². The monoisotopic (exact) mass is 353 g/mol. The number of aryl methyl sites for hydroxylation is 1. The molecule has 0 aliphatic carbocycles. The number of likely N-dealkylation sites (tertiary alicyclic amines) is 1. The molecule has 26 heavy (non-hydrogen) atoms. The molecule has 2 aromatic heterocycles. The van der Waals surface area contributed by atoms with Crippen molar-refractivity contribution in [2.24, 2.45) is 0 Å². The van der Waals surface area contributed by atoms with Gasteiger partial charge in [0.2, 0.25) is 5.91 Å². The van der Waals surface area contributed by atoms with E-state index in [1.165, 1.54) is 11.4 Å². The summed E-state index contributed by atoms with van der Waals surface area (Å²) in [5, 5.41) is 3.06. The SMILES string of the molecule is Cc1ccc(CN2CCC3(CC2)C(=O)NCCN3C)n1-c1cccnc1. The van der Waals surface area contributed by atoms with Gasteiger partial charge in [0.05, 0.1) is 11.9 Å². The lowest BCUT2D eigenvalue weighted by atomic mass is 9.83. The van der Waals surface area contributed by atoms with Gasteiger partial charge in [0.15, 0.2) is 0 Å². The summed E-state index contributed by atoms with van der Waals surface area (Å²) >= 11 is 0. The van der Waals surface area contributed by atoms with Gasteiger partial charge in [-0.15, -0.1) is 0 Å². The molecule has 1 N–H and O–H groups in total. The average molecular weight is 353 g/mol. The van der Waals surface area contributed by atoms with Crippen molar-refractivity contribution in [1.29, 1.82) is 0 Å². The van der Waals surface area contributed by atoms with Crippen molar-refractivity contribution < 1.29 is 4.79 Å². The van der Waals surface area contributed by atoms with Crippen LogP contribution in [0.4, 0.5) is 0 Å². The number of rotatable bonds is 3. The van der Waals surface area contributed by atoms with Crippen molar-refractivity contribution in [3.05, 3.63) is 48.0 Å². The molecule has 2 saturated heterocycles. The second kappa shape index (κ2) is 6.85. The summed E-state index contributed by atoms with van der Waals surface area (Å²) in [6.45, 7) is 6.60. The third kappa shape index (κ3) is 2.93. The number of carbonyl (C=O) groups is 1. The summed E-state index contributed by atoms with van der Waals surface area (Å²) in [6, 6.07) is 8.43. The van der Waals surface area contributed by atoms with Gasteiger partial charge in [-0.2, -0.15) is 0 Å². The Labute approximate surface area is 154 Å². The number of hydrogen-bond acceptors (Lipinski definition) is 4. The summed E-state index contributed by atoms with van der Waals surface area (Å²) in [4.78, 5) is 21.5. The Morgan fingerprint density at radius 2 is 2.00 bits per heavy atom. The number of aromatic nitrogens is 2. The fourth-order valence-electron chi connectivity index (χ4n) is 4.38. The molecule has 0 radical (unpaired) electrons. The van der Waals surface area contributed by atoms with Crippen molar-refractivity contribution in [3.63, 3.8) is 0 Å².